The van der Waals surface area contributed by atoms with Gasteiger partial charge in [0.25, 0.3) is 5.91 Å². The number of hydrogen-bond donors (Lipinski definition) is 2. The van der Waals surface area contributed by atoms with Crippen molar-refractivity contribution in [2.24, 2.45) is 0 Å². The number of anilines is 2. The molecule has 4 heteroatoms. The van der Waals surface area contributed by atoms with Crippen molar-refractivity contribution in [3.8, 4) is 0 Å². The lowest BCUT2D eigenvalue weighted by atomic mass is 10.2. The van der Waals surface area contributed by atoms with Gasteiger partial charge >= 0.3 is 0 Å². The topological polar surface area (TPSA) is 54.0 Å². The van der Waals surface area contributed by atoms with E-state index in [0.29, 0.717) is 17.4 Å². The number of hydrogen-bond acceptors (Lipinski definition) is 3. The second-order valence-corrected chi connectivity index (χ2v) is 5.09. The van der Waals surface area contributed by atoms with Crippen LogP contribution in [0.15, 0.2) is 42.6 Å². The highest BCUT2D eigenvalue weighted by atomic mass is 16.1. The molecule has 0 spiro atoms. The van der Waals surface area contributed by atoms with Crippen LogP contribution >= 0.6 is 0 Å². The van der Waals surface area contributed by atoms with Crippen LogP contribution in [0.25, 0.3) is 0 Å². The van der Waals surface area contributed by atoms with Gasteiger partial charge in [-0.05, 0) is 43.5 Å². The van der Waals surface area contributed by atoms with Crippen LogP contribution in [0.2, 0.25) is 0 Å². The summed E-state index contributed by atoms with van der Waals surface area (Å²) < 4.78 is 0. The van der Waals surface area contributed by atoms with Crippen LogP contribution in [-0.4, -0.2) is 16.9 Å². The van der Waals surface area contributed by atoms with E-state index in [-0.39, 0.29) is 5.91 Å². The van der Waals surface area contributed by atoms with Crippen LogP contribution in [0.5, 0.6) is 0 Å². The number of nitrogens with one attached hydrogen (secondary N) is 2. The molecule has 1 aromatic carbocycles. The Labute approximate surface area is 118 Å². The van der Waals surface area contributed by atoms with Gasteiger partial charge in [-0.25, -0.2) is 4.98 Å². The van der Waals surface area contributed by atoms with E-state index in [2.05, 4.69) is 15.6 Å². The number of nitrogens with zero attached hydrogens (tertiary/aromatic N) is 1. The number of para-hydroxylation sites is 1. The van der Waals surface area contributed by atoms with Gasteiger partial charge in [0.15, 0.2) is 0 Å². The van der Waals surface area contributed by atoms with E-state index in [1.807, 2.05) is 31.2 Å². The summed E-state index contributed by atoms with van der Waals surface area (Å²) in [5.74, 6) is 0.539. The fraction of sp³-hybridized carbons (Fsp3) is 0.250. The van der Waals surface area contributed by atoms with E-state index >= 15 is 0 Å². The minimum atomic E-state index is -0.129. The molecule has 0 radical (unpaired) electrons. The first kappa shape index (κ1) is 12.7. The highest BCUT2D eigenvalue weighted by Crippen LogP contribution is 2.26. The number of pyridine rings is 1. The minimum Gasteiger partial charge on any atom is -0.367 e. The number of carbonyl (C=O) groups excluding carboxylic acids is 1. The molecule has 1 saturated carbocycles. The predicted octanol–water partition coefficient (Wildman–Crippen LogP) is 3.22. The van der Waals surface area contributed by atoms with E-state index < -0.39 is 0 Å². The number of aryl methyl sites for hydroxylation is 1. The van der Waals surface area contributed by atoms with Crippen molar-refractivity contribution in [1.29, 1.82) is 0 Å². The minimum absolute atomic E-state index is 0.129. The van der Waals surface area contributed by atoms with E-state index in [0.717, 1.165) is 24.1 Å². The molecule has 0 atom stereocenters. The average molecular weight is 267 g/mol. The van der Waals surface area contributed by atoms with Crippen molar-refractivity contribution < 1.29 is 4.79 Å². The molecule has 1 fully saturated rings. The molecule has 1 aromatic heterocycles. The van der Waals surface area contributed by atoms with Crippen molar-refractivity contribution >= 4 is 17.4 Å². The summed E-state index contributed by atoms with van der Waals surface area (Å²) in [6.45, 7) is 1.97. The van der Waals surface area contributed by atoms with Crippen molar-refractivity contribution in [2.75, 3.05) is 10.6 Å². The molecule has 0 saturated heterocycles. The Bertz CT molecular complexity index is 635. The molecule has 102 valence electrons. The van der Waals surface area contributed by atoms with Gasteiger partial charge < -0.3 is 10.6 Å². The number of benzene rings is 1. The first-order chi connectivity index (χ1) is 9.74. The Morgan fingerprint density at radius 3 is 2.75 bits per heavy atom. The highest BCUT2D eigenvalue weighted by Gasteiger charge is 2.23. The van der Waals surface area contributed by atoms with E-state index in [1.54, 1.807) is 18.3 Å². The van der Waals surface area contributed by atoms with Gasteiger partial charge in [0.2, 0.25) is 0 Å². The third kappa shape index (κ3) is 2.79. The van der Waals surface area contributed by atoms with Crippen LogP contribution in [0.3, 0.4) is 0 Å². The molecule has 2 N–H and O–H groups in total. The lowest BCUT2D eigenvalue weighted by Crippen LogP contribution is -2.16. The van der Waals surface area contributed by atoms with Gasteiger partial charge in [-0.2, -0.15) is 0 Å². The SMILES string of the molecule is Cc1ccccc1NC(=O)c1cccnc1NC1CC1. The van der Waals surface area contributed by atoms with Crippen LogP contribution in [0, 0.1) is 6.92 Å². The van der Waals surface area contributed by atoms with Gasteiger partial charge in [-0.15, -0.1) is 0 Å². The molecule has 0 bridgehead atoms. The van der Waals surface area contributed by atoms with E-state index in [9.17, 15) is 4.79 Å². The lowest BCUT2D eigenvalue weighted by molar-refractivity contribution is 0.102. The zero-order valence-electron chi connectivity index (χ0n) is 11.4. The van der Waals surface area contributed by atoms with Gasteiger partial charge in [-0.1, -0.05) is 18.2 Å². The Balaban J connectivity index is 1.81. The van der Waals surface area contributed by atoms with E-state index in [4.69, 9.17) is 0 Å². The maximum atomic E-state index is 12.4. The molecule has 1 amide bonds. The fourth-order valence-corrected chi connectivity index (χ4v) is 2.03. The standard InChI is InChI=1S/C16H17N3O/c1-11-5-2-3-7-14(11)19-16(20)13-6-4-10-17-15(13)18-12-8-9-12/h2-7,10,12H,8-9H2,1H3,(H,17,18)(H,19,20). The molecule has 0 unspecified atom stereocenters. The van der Waals surface area contributed by atoms with Crippen molar-refractivity contribution in [3.63, 3.8) is 0 Å². The first-order valence-electron chi connectivity index (χ1n) is 6.82. The second kappa shape index (κ2) is 5.33. The fourth-order valence-electron chi connectivity index (χ4n) is 2.03. The molecule has 0 aliphatic heterocycles. The number of carbonyl (C=O) groups is 1. The molecule has 1 aliphatic carbocycles. The number of amides is 1. The van der Waals surface area contributed by atoms with Crippen molar-refractivity contribution in [3.05, 3.63) is 53.7 Å². The smallest absolute Gasteiger partial charge is 0.259 e. The van der Waals surface area contributed by atoms with Gasteiger partial charge in [0, 0.05) is 17.9 Å². The molecule has 3 rings (SSSR count). The molecule has 20 heavy (non-hydrogen) atoms. The van der Waals surface area contributed by atoms with Crippen molar-refractivity contribution in [1.82, 2.24) is 4.98 Å². The van der Waals surface area contributed by atoms with Crippen LogP contribution in [-0.2, 0) is 0 Å². The van der Waals surface area contributed by atoms with Gasteiger partial charge in [0.05, 0.1) is 5.56 Å². The quantitative estimate of drug-likeness (QED) is 0.894. The van der Waals surface area contributed by atoms with Crippen molar-refractivity contribution in [2.45, 2.75) is 25.8 Å². The Morgan fingerprint density at radius 1 is 1.20 bits per heavy atom. The first-order valence-corrected chi connectivity index (χ1v) is 6.82. The summed E-state index contributed by atoms with van der Waals surface area (Å²) in [5, 5.41) is 6.24. The Kier molecular flexibility index (Phi) is 3.37. The largest absolute Gasteiger partial charge is 0.367 e. The van der Waals surface area contributed by atoms with E-state index in [1.165, 1.54) is 0 Å². The summed E-state index contributed by atoms with van der Waals surface area (Å²) in [5.41, 5.74) is 2.46. The normalized spacial score (nSPS) is 13.8. The van der Waals surface area contributed by atoms with Crippen LogP contribution in [0.1, 0.15) is 28.8 Å². The Morgan fingerprint density at radius 2 is 2.00 bits per heavy atom. The molecular weight excluding hydrogens is 250 g/mol. The maximum absolute atomic E-state index is 12.4. The zero-order chi connectivity index (χ0) is 13.9. The van der Waals surface area contributed by atoms with Crippen LogP contribution < -0.4 is 10.6 Å². The molecule has 4 nitrogen and oxygen atoms in total. The van der Waals surface area contributed by atoms with Crippen LogP contribution in [0.4, 0.5) is 11.5 Å². The number of aromatic nitrogens is 1. The molecular formula is C16H17N3O. The molecule has 1 heterocycles. The highest BCUT2D eigenvalue weighted by molar-refractivity contribution is 6.07. The summed E-state index contributed by atoms with van der Waals surface area (Å²) in [6, 6.07) is 11.8. The maximum Gasteiger partial charge on any atom is 0.259 e. The summed E-state index contributed by atoms with van der Waals surface area (Å²) in [6.07, 6.45) is 4.00. The lowest BCUT2D eigenvalue weighted by Gasteiger charge is -2.11. The summed E-state index contributed by atoms with van der Waals surface area (Å²) >= 11 is 0. The average Bonchev–Trinajstić information content (AvgIpc) is 3.26. The summed E-state index contributed by atoms with van der Waals surface area (Å²) in [7, 11) is 0. The third-order valence-electron chi connectivity index (χ3n) is 3.36. The number of rotatable bonds is 4. The van der Waals surface area contributed by atoms with Gasteiger partial charge in [-0.3, -0.25) is 4.79 Å². The van der Waals surface area contributed by atoms with Gasteiger partial charge in [0.1, 0.15) is 5.82 Å². The third-order valence-corrected chi connectivity index (χ3v) is 3.36. The molecule has 1 aliphatic rings. The second-order valence-electron chi connectivity index (χ2n) is 5.09. The zero-order valence-corrected chi connectivity index (χ0v) is 11.4. The predicted molar refractivity (Wildman–Crippen MR) is 80.0 cm³/mol. The monoisotopic (exact) mass is 267 g/mol. The molecule has 2 aromatic rings. The Hall–Kier alpha value is -2.36. The summed E-state index contributed by atoms with van der Waals surface area (Å²) in [4.78, 5) is 16.7.